The van der Waals surface area contributed by atoms with Crippen molar-refractivity contribution in [2.24, 2.45) is 0 Å². The van der Waals surface area contributed by atoms with Crippen molar-refractivity contribution in [1.29, 1.82) is 0 Å². The Morgan fingerprint density at radius 2 is 1.79 bits per heavy atom. The van der Waals surface area contributed by atoms with Crippen LogP contribution in [0.3, 0.4) is 0 Å². The molecule has 1 aromatic rings. The largest absolute Gasteiger partial charge is 0.481 e. The highest BCUT2D eigenvalue weighted by molar-refractivity contribution is 5.97. The first-order chi connectivity index (χ1) is 8.99. The van der Waals surface area contributed by atoms with Crippen LogP contribution in [0, 0.1) is 0 Å². The third-order valence-electron chi connectivity index (χ3n) is 2.56. The minimum atomic E-state index is -0.965. The summed E-state index contributed by atoms with van der Waals surface area (Å²) in [6, 6.07) is 8.32. The van der Waals surface area contributed by atoms with E-state index in [1.54, 1.807) is 31.2 Å². The molecule has 0 aromatic heterocycles. The van der Waals surface area contributed by atoms with Gasteiger partial charge in [0, 0.05) is 24.4 Å². The standard InChI is InChI=1S/C14H17NO4/c1-10(9-14(18)19)15-13(17)8-7-12(16)11-5-3-2-4-6-11/h2-6,10H,7-9H2,1H3,(H,15,17)(H,18,19). The molecule has 5 heteroatoms. The summed E-state index contributed by atoms with van der Waals surface area (Å²) in [7, 11) is 0. The number of carboxylic acids is 1. The van der Waals surface area contributed by atoms with Gasteiger partial charge in [0.1, 0.15) is 0 Å². The van der Waals surface area contributed by atoms with Crippen LogP contribution in [0.1, 0.15) is 36.5 Å². The number of ketones is 1. The second-order valence-electron chi connectivity index (χ2n) is 4.36. The Hall–Kier alpha value is -2.17. The summed E-state index contributed by atoms with van der Waals surface area (Å²) >= 11 is 0. The predicted molar refractivity (Wildman–Crippen MR) is 69.9 cm³/mol. The van der Waals surface area contributed by atoms with Crippen LogP contribution in [0.5, 0.6) is 0 Å². The van der Waals surface area contributed by atoms with E-state index in [1.165, 1.54) is 0 Å². The van der Waals surface area contributed by atoms with Gasteiger partial charge in [0.25, 0.3) is 0 Å². The molecule has 0 saturated heterocycles. The van der Waals surface area contributed by atoms with Gasteiger partial charge in [0.15, 0.2) is 5.78 Å². The van der Waals surface area contributed by atoms with Crippen LogP contribution in [0.2, 0.25) is 0 Å². The summed E-state index contributed by atoms with van der Waals surface area (Å²) in [4.78, 5) is 33.7. The molecular formula is C14H17NO4. The van der Waals surface area contributed by atoms with Crippen molar-refractivity contribution in [3.05, 3.63) is 35.9 Å². The first kappa shape index (κ1) is 14.9. The molecule has 2 N–H and O–H groups in total. The van der Waals surface area contributed by atoms with E-state index in [0.717, 1.165) is 0 Å². The second kappa shape index (κ2) is 7.31. The number of benzene rings is 1. The van der Waals surface area contributed by atoms with Crippen LogP contribution in [0.15, 0.2) is 30.3 Å². The molecule has 1 aromatic carbocycles. The number of Topliss-reactive ketones (excluding diaryl/α,β-unsaturated/α-hetero) is 1. The van der Waals surface area contributed by atoms with E-state index in [1.807, 2.05) is 6.07 Å². The molecule has 1 unspecified atom stereocenters. The monoisotopic (exact) mass is 263 g/mol. The number of carbonyl (C=O) groups is 3. The molecule has 0 heterocycles. The van der Waals surface area contributed by atoms with Gasteiger partial charge < -0.3 is 10.4 Å². The molecular weight excluding hydrogens is 246 g/mol. The van der Waals surface area contributed by atoms with Crippen molar-refractivity contribution in [2.75, 3.05) is 0 Å². The van der Waals surface area contributed by atoms with E-state index >= 15 is 0 Å². The Morgan fingerprint density at radius 3 is 2.37 bits per heavy atom. The smallest absolute Gasteiger partial charge is 0.305 e. The first-order valence-corrected chi connectivity index (χ1v) is 6.08. The summed E-state index contributed by atoms with van der Waals surface area (Å²) in [5, 5.41) is 11.1. The Labute approximate surface area is 111 Å². The maximum atomic E-state index is 11.7. The molecule has 0 fully saturated rings. The second-order valence-corrected chi connectivity index (χ2v) is 4.36. The molecule has 19 heavy (non-hydrogen) atoms. The molecule has 1 amide bonds. The number of rotatable bonds is 7. The Bertz CT molecular complexity index is 456. The van der Waals surface area contributed by atoms with E-state index in [4.69, 9.17) is 5.11 Å². The van der Waals surface area contributed by atoms with Gasteiger partial charge in [-0.3, -0.25) is 14.4 Å². The molecule has 0 radical (unpaired) electrons. The minimum absolute atomic E-state index is 0.0671. The average molecular weight is 263 g/mol. The summed E-state index contributed by atoms with van der Waals surface area (Å²) in [5.74, 6) is -1.37. The van der Waals surface area contributed by atoms with Gasteiger partial charge in [0.05, 0.1) is 6.42 Å². The molecule has 102 valence electrons. The highest BCUT2D eigenvalue weighted by Crippen LogP contribution is 2.05. The molecule has 0 bridgehead atoms. The zero-order chi connectivity index (χ0) is 14.3. The van der Waals surface area contributed by atoms with Gasteiger partial charge in [-0.15, -0.1) is 0 Å². The van der Waals surface area contributed by atoms with Gasteiger partial charge in [-0.1, -0.05) is 30.3 Å². The maximum Gasteiger partial charge on any atom is 0.305 e. The van der Waals surface area contributed by atoms with E-state index in [0.29, 0.717) is 5.56 Å². The van der Waals surface area contributed by atoms with Crippen LogP contribution < -0.4 is 5.32 Å². The van der Waals surface area contributed by atoms with Gasteiger partial charge in [-0.2, -0.15) is 0 Å². The van der Waals surface area contributed by atoms with Crippen LogP contribution in [0.25, 0.3) is 0 Å². The van der Waals surface area contributed by atoms with Crippen molar-refractivity contribution in [3.63, 3.8) is 0 Å². The van der Waals surface area contributed by atoms with Crippen molar-refractivity contribution >= 4 is 17.7 Å². The lowest BCUT2D eigenvalue weighted by molar-refractivity contribution is -0.137. The summed E-state index contributed by atoms with van der Waals surface area (Å²) in [5.41, 5.74) is 0.578. The van der Waals surface area contributed by atoms with Crippen molar-refractivity contribution in [3.8, 4) is 0 Å². The van der Waals surface area contributed by atoms with E-state index < -0.39 is 12.0 Å². The normalized spacial score (nSPS) is 11.6. The number of nitrogens with one attached hydrogen (secondary N) is 1. The van der Waals surface area contributed by atoms with Gasteiger partial charge >= 0.3 is 5.97 Å². The number of hydrogen-bond acceptors (Lipinski definition) is 3. The lowest BCUT2D eigenvalue weighted by Crippen LogP contribution is -2.34. The van der Waals surface area contributed by atoms with Gasteiger partial charge in [-0.05, 0) is 6.92 Å². The Morgan fingerprint density at radius 1 is 1.16 bits per heavy atom. The van der Waals surface area contributed by atoms with Crippen LogP contribution in [-0.2, 0) is 9.59 Å². The highest BCUT2D eigenvalue weighted by atomic mass is 16.4. The zero-order valence-corrected chi connectivity index (χ0v) is 10.8. The highest BCUT2D eigenvalue weighted by Gasteiger charge is 2.13. The summed E-state index contributed by atoms with van der Waals surface area (Å²) in [6.45, 7) is 1.62. The molecule has 0 saturated carbocycles. The fraction of sp³-hybridized carbons (Fsp3) is 0.357. The first-order valence-electron chi connectivity index (χ1n) is 6.08. The molecule has 0 aliphatic carbocycles. The fourth-order valence-corrected chi connectivity index (χ4v) is 1.66. The average Bonchev–Trinajstić information content (AvgIpc) is 2.36. The SMILES string of the molecule is CC(CC(=O)O)NC(=O)CCC(=O)c1ccccc1. The molecule has 0 aliphatic rings. The van der Waals surface area contributed by atoms with E-state index in [-0.39, 0.29) is 31.0 Å². The van der Waals surface area contributed by atoms with Gasteiger partial charge in [-0.25, -0.2) is 0 Å². The summed E-state index contributed by atoms with van der Waals surface area (Å²) < 4.78 is 0. The number of hydrogen-bond donors (Lipinski definition) is 2. The maximum absolute atomic E-state index is 11.7. The van der Waals surface area contributed by atoms with Crippen molar-refractivity contribution in [1.82, 2.24) is 5.32 Å². The molecule has 1 atom stereocenters. The molecule has 5 nitrogen and oxygen atoms in total. The van der Waals surface area contributed by atoms with E-state index in [2.05, 4.69) is 5.32 Å². The lowest BCUT2D eigenvalue weighted by Gasteiger charge is -2.11. The number of amides is 1. The van der Waals surface area contributed by atoms with Crippen molar-refractivity contribution in [2.45, 2.75) is 32.2 Å². The quantitative estimate of drug-likeness (QED) is 0.732. The van der Waals surface area contributed by atoms with E-state index in [9.17, 15) is 14.4 Å². The number of aliphatic carboxylic acids is 1. The van der Waals surface area contributed by atoms with Crippen LogP contribution in [0.4, 0.5) is 0 Å². The third-order valence-corrected chi connectivity index (χ3v) is 2.56. The topological polar surface area (TPSA) is 83.5 Å². The predicted octanol–water partition coefficient (Wildman–Crippen LogP) is 1.63. The Balaban J connectivity index is 2.34. The molecule has 1 rings (SSSR count). The lowest BCUT2D eigenvalue weighted by atomic mass is 10.1. The number of carboxylic acid groups (broad SMARTS) is 1. The Kier molecular flexibility index (Phi) is 5.73. The number of carbonyl (C=O) groups excluding carboxylic acids is 2. The minimum Gasteiger partial charge on any atom is -0.481 e. The van der Waals surface area contributed by atoms with Crippen LogP contribution in [-0.4, -0.2) is 28.8 Å². The van der Waals surface area contributed by atoms with Crippen molar-refractivity contribution < 1.29 is 19.5 Å². The molecule has 0 aliphatic heterocycles. The molecule has 0 spiro atoms. The van der Waals surface area contributed by atoms with Crippen LogP contribution >= 0.6 is 0 Å². The summed E-state index contributed by atoms with van der Waals surface area (Å²) in [6.07, 6.45) is 0.0612. The zero-order valence-electron chi connectivity index (χ0n) is 10.8. The fourth-order valence-electron chi connectivity index (χ4n) is 1.66. The van der Waals surface area contributed by atoms with Gasteiger partial charge in [0.2, 0.25) is 5.91 Å². The third kappa shape index (κ3) is 5.81.